The van der Waals surface area contributed by atoms with Gasteiger partial charge in [-0.25, -0.2) is 18.7 Å². The van der Waals surface area contributed by atoms with Crippen molar-refractivity contribution in [1.82, 2.24) is 19.5 Å². The van der Waals surface area contributed by atoms with Gasteiger partial charge in [-0.05, 0) is 43.7 Å². The first kappa shape index (κ1) is 25.3. The highest BCUT2D eigenvalue weighted by Crippen LogP contribution is 2.37. The first-order valence-corrected chi connectivity index (χ1v) is 12.2. The summed E-state index contributed by atoms with van der Waals surface area (Å²) >= 11 is 0. The number of fused-ring (bicyclic) bond motifs is 1. The number of nitrogens with two attached hydrogens (primary N) is 1. The number of halogens is 1. The van der Waals surface area contributed by atoms with Crippen molar-refractivity contribution in [2.24, 2.45) is 0 Å². The molecule has 1 fully saturated rings. The smallest absolute Gasteiger partial charge is 0.323 e. The van der Waals surface area contributed by atoms with Gasteiger partial charge in [0.05, 0.1) is 30.2 Å². The lowest BCUT2D eigenvalue weighted by atomic mass is 9.98. The van der Waals surface area contributed by atoms with Crippen LogP contribution in [-0.2, 0) is 11.3 Å². The van der Waals surface area contributed by atoms with E-state index in [1.807, 2.05) is 19.1 Å². The zero-order valence-electron chi connectivity index (χ0n) is 21.1. The molecule has 1 aliphatic heterocycles. The van der Waals surface area contributed by atoms with Crippen molar-refractivity contribution >= 4 is 34.5 Å². The number of benzene rings is 2. The molecule has 38 heavy (non-hydrogen) atoms. The molecule has 2 aromatic heterocycles. The third-order valence-corrected chi connectivity index (χ3v) is 6.49. The summed E-state index contributed by atoms with van der Waals surface area (Å²) in [7, 11) is 0. The van der Waals surface area contributed by atoms with E-state index >= 15 is 4.39 Å². The molecular formula is C27H28FN7O3. The largest absolute Gasteiger partial charge is 0.382 e. The molecule has 0 aliphatic carbocycles. The topological polar surface area (TPSA) is 127 Å². The average molecular weight is 518 g/mol. The van der Waals surface area contributed by atoms with Crippen LogP contribution in [0.4, 0.5) is 26.4 Å². The highest BCUT2D eigenvalue weighted by molar-refractivity contribution is 6.08. The van der Waals surface area contributed by atoms with E-state index in [1.54, 1.807) is 22.7 Å². The SMILES string of the molecule is CC(=O)c1c(-c2ccc(NC(=O)Nc3ccc(C)cc3)c(F)c2)c2c(N)ncnn2c1CN1CCOCC1. The second-order valence-electron chi connectivity index (χ2n) is 9.19. The predicted octanol–water partition coefficient (Wildman–Crippen LogP) is 4.10. The fourth-order valence-corrected chi connectivity index (χ4v) is 4.65. The van der Waals surface area contributed by atoms with Crippen molar-refractivity contribution in [3.8, 4) is 11.1 Å². The molecule has 0 bridgehead atoms. The molecule has 0 spiro atoms. The van der Waals surface area contributed by atoms with Gasteiger partial charge in [0.1, 0.15) is 17.7 Å². The number of nitrogens with one attached hydrogen (secondary N) is 2. The van der Waals surface area contributed by atoms with Crippen LogP contribution < -0.4 is 16.4 Å². The van der Waals surface area contributed by atoms with E-state index in [0.29, 0.717) is 66.4 Å². The lowest BCUT2D eigenvalue weighted by Gasteiger charge is -2.26. The maximum absolute atomic E-state index is 15.3. The third kappa shape index (κ3) is 5.06. The van der Waals surface area contributed by atoms with E-state index in [-0.39, 0.29) is 17.3 Å². The number of carbonyl (C=O) groups excluding carboxylic acids is 2. The van der Waals surface area contributed by atoms with Gasteiger partial charge in [-0.3, -0.25) is 9.69 Å². The number of anilines is 3. The number of ether oxygens (including phenoxy) is 1. The van der Waals surface area contributed by atoms with Gasteiger partial charge in [0.2, 0.25) is 0 Å². The van der Waals surface area contributed by atoms with Gasteiger partial charge in [-0.2, -0.15) is 5.10 Å². The molecule has 0 saturated carbocycles. The second kappa shape index (κ2) is 10.6. The molecule has 0 unspecified atom stereocenters. The molecule has 4 N–H and O–H groups in total. The molecule has 4 aromatic rings. The average Bonchev–Trinajstić information content (AvgIpc) is 3.23. The Balaban J connectivity index is 1.51. The summed E-state index contributed by atoms with van der Waals surface area (Å²) in [5.74, 6) is -0.695. The first-order valence-electron chi connectivity index (χ1n) is 12.2. The Kier molecular flexibility index (Phi) is 7.03. The van der Waals surface area contributed by atoms with Gasteiger partial charge in [-0.1, -0.05) is 23.8 Å². The number of nitrogen functional groups attached to an aromatic ring is 1. The quantitative estimate of drug-likeness (QED) is 0.329. The van der Waals surface area contributed by atoms with Crippen molar-refractivity contribution in [2.75, 3.05) is 42.7 Å². The fraction of sp³-hybridized carbons (Fsp3) is 0.259. The van der Waals surface area contributed by atoms with Crippen molar-refractivity contribution in [2.45, 2.75) is 20.4 Å². The van der Waals surface area contributed by atoms with Gasteiger partial charge in [-0.15, -0.1) is 0 Å². The van der Waals surface area contributed by atoms with Crippen LogP contribution in [0.1, 0.15) is 28.5 Å². The molecular weight excluding hydrogens is 489 g/mol. The molecule has 10 nitrogen and oxygen atoms in total. The minimum atomic E-state index is -0.666. The van der Waals surface area contributed by atoms with Crippen molar-refractivity contribution in [3.05, 3.63) is 71.4 Å². The van der Waals surface area contributed by atoms with Crippen LogP contribution in [0.5, 0.6) is 0 Å². The van der Waals surface area contributed by atoms with Gasteiger partial charge >= 0.3 is 6.03 Å². The number of ketones is 1. The molecule has 3 heterocycles. The Morgan fingerprint density at radius 2 is 1.84 bits per heavy atom. The zero-order valence-corrected chi connectivity index (χ0v) is 21.1. The van der Waals surface area contributed by atoms with Crippen LogP contribution >= 0.6 is 0 Å². The molecule has 11 heteroatoms. The molecule has 0 atom stereocenters. The summed E-state index contributed by atoms with van der Waals surface area (Å²) in [4.78, 5) is 31.7. The van der Waals surface area contributed by atoms with Gasteiger partial charge in [0, 0.05) is 30.9 Å². The number of aryl methyl sites for hydroxylation is 1. The Morgan fingerprint density at radius 3 is 2.53 bits per heavy atom. The second-order valence-corrected chi connectivity index (χ2v) is 9.19. The van der Waals surface area contributed by atoms with Crippen molar-refractivity contribution in [3.63, 3.8) is 0 Å². The Hall–Kier alpha value is -4.35. The molecule has 5 rings (SSSR count). The maximum Gasteiger partial charge on any atom is 0.323 e. The fourth-order valence-electron chi connectivity index (χ4n) is 4.65. The number of rotatable bonds is 6. The van der Waals surface area contributed by atoms with Crippen molar-refractivity contribution in [1.29, 1.82) is 0 Å². The van der Waals surface area contributed by atoms with E-state index in [1.165, 1.54) is 25.4 Å². The number of carbonyl (C=O) groups is 2. The minimum Gasteiger partial charge on any atom is -0.382 e. The summed E-state index contributed by atoms with van der Waals surface area (Å²) in [6, 6.07) is 11.0. The number of amides is 2. The van der Waals surface area contributed by atoms with Crippen molar-refractivity contribution < 1.29 is 18.7 Å². The minimum absolute atomic E-state index is 0.0102. The van der Waals surface area contributed by atoms with Crippen LogP contribution in [0.2, 0.25) is 0 Å². The number of morpholine rings is 1. The van der Waals surface area contributed by atoms with E-state index in [2.05, 4.69) is 25.6 Å². The van der Waals surface area contributed by atoms with Crippen LogP contribution in [0, 0.1) is 12.7 Å². The molecule has 1 aliphatic rings. The summed E-state index contributed by atoms with van der Waals surface area (Å²) in [5.41, 5.74) is 10.2. The normalized spacial score (nSPS) is 14.0. The Morgan fingerprint density at radius 1 is 1.11 bits per heavy atom. The number of Topliss-reactive ketones (excluding diaryl/α,β-unsaturated/α-hetero) is 1. The standard InChI is InChI=1S/C27H28FN7O3/c1-16-3-6-19(7-4-16)32-27(37)33-21-8-5-18(13-20(21)28)24-23(17(2)36)22(14-34-9-11-38-12-10-34)35-25(24)26(29)30-15-31-35/h3-8,13,15H,9-12,14H2,1-2H3,(H2,29,30,31)(H2,32,33,37). The summed E-state index contributed by atoms with van der Waals surface area (Å²) in [5, 5.41) is 9.59. The predicted molar refractivity (Wildman–Crippen MR) is 143 cm³/mol. The lowest BCUT2D eigenvalue weighted by Crippen LogP contribution is -2.36. The van der Waals surface area contributed by atoms with Gasteiger partial charge in [0.15, 0.2) is 11.6 Å². The highest BCUT2D eigenvalue weighted by Gasteiger charge is 2.27. The van der Waals surface area contributed by atoms with Crippen LogP contribution in [0.15, 0.2) is 48.8 Å². The van der Waals surface area contributed by atoms with Crippen LogP contribution in [0.25, 0.3) is 16.6 Å². The van der Waals surface area contributed by atoms with Crippen LogP contribution in [0.3, 0.4) is 0 Å². The third-order valence-electron chi connectivity index (χ3n) is 6.49. The molecule has 196 valence electrons. The zero-order chi connectivity index (χ0) is 26.8. The van der Waals surface area contributed by atoms with E-state index in [4.69, 9.17) is 10.5 Å². The van der Waals surface area contributed by atoms with E-state index < -0.39 is 11.8 Å². The number of nitrogens with zero attached hydrogens (tertiary/aromatic N) is 4. The highest BCUT2D eigenvalue weighted by atomic mass is 19.1. The Labute approximate surface area is 218 Å². The molecule has 2 amide bonds. The first-order chi connectivity index (χ1) is 18.3. The van der Waals surface area contributed by atoms with Gasteiger partial charge < -0.3 is 21.1 Å². The maximum atomic E-state index is 15.3. The molecule has 1 saturated heterocycles. The van der Waals surface area contributed by atoms with E-state index in [9.17, 15) is 9.59 Å². The lowest BCUT2D eigenvalue weighted by molar-refractivity contribution is 0.0333. The number of aromatic nitrogens is 3. The van der Waals surface area contributed by atoms with Gasteiger partial charge in [0.25, 0.3) is 0 Å². The molecule has 2 aromatic carbocycles. The monoisotopic (exact) mass is 517 g/mol. The van der Waals surface area contributed by atoms with E-state index in [0.717, 1.165) is 5.56 Å². The number of hydrogen-bond acceptors (Lipinski definition) is 7. The number of hydrogen-bond donors (Lipinski definition) is 3. The summed E-state index contributed by atoms with van der Waals surface area (Å²) < 4.78 is 22.3. The summed E-state index contributed by atoms with van der Waals surface area (Å²) in [6.45, 7) is 6.46. The van der Waals surface area contributed by atoms with Crippen LogP contribution in [-0.4, -0.2) is 57.6 Å². The Bertz CT molecular complexity index is 1510. The summed E-state index contributed by atoms with van der Waals surface area (Å²) in [6.07, 6.45) is 1.33. The number of urea groups is 1. The molecule has 0 radical (unpaired) electrons.